The van der Waals surface area contributed by atoms with Gasteiger partial charge in [-0.15, -0.1) is 0 Å². The Kier molecular flexibility index (Phi) is 9.23. The van der Waals surface area contributed by atoms with E-state index < -0.39 is 15.6 Å². The predicted octanol–water partition coefficient (Wildman–Crippen LogP) is 7.33. The Bertz CT molecular complexity index is 1860. The number of ether oxygens (including phenoxy) is 2. The fourth-order valence-electron chi connectivity index (χ4n) is 6.01. The number of rotatable bonds is 9. The van der Waals surface area contributed by atoms with Crippen LogP contribution in [0.4, 0.5) is 16.4 Å². The Morgan fingerprint density at radius 2 is 1.62 bits per heavy atom. The summed E-state index contributed by atoms with van der Waals surface area (Å²) in [4.78, 5) is 26.0. The number of aromatic nitrogens is 3. The lowest BCUT2D eigenvalue weighted by atomic mass is 9.91. The van der Waals surface area contributed by atoms with E-state index in [1.54, 1.807) is 12.4 Å². The van der Waals surface area contributed by atoms with Gasteiger partial charge in [-0.1, -0.05) is 30.7 Å². The number of carbonyl (C=O) groups is 1. The summed E-state index contributed by atoms with van der Waals surface area (Å²) in [5.41, 5.74) is 2.13. The van der Waals surface area contributed by atoms with E-state index in [0.717, 1.165) is 48.4 Å². The lowest BCUT2D eigenvalue weighted by Crippen LogP contribution is -2.42. The molecule has 2 saturated carbocycles. The fourth-order valence-corrected chi connectivity index (χ4v) is 7.60. The summed E-state index contributed by atoms with van der Waals surface area (Å²) in [6, 6.07) is 15.2. The molecular weight excluding hydrogens is 616 g/mol. The van der Waals surface area contributed by atoms with Crippen LogP contribution in [0.3, 0.4) is 0 Å². The zero-order chi connectivity index (χ0) is 33.2. The second-order valence-corrected chi connectivity index (χ2v) is 15.3. The molecule has 0 saturated heterocycles. The molecule has 2 aromatic carbocycles. The molecule has 1 amide bonds. The largest absolute Gasteiger partial charge is 0.444 e. The molecule has 2 aliphatic rings. The van der Waals surface area contributed by atoms with E-state index in [1.807, 2.05) is 76.2 Å². The van der Waals surface area contributed by atoms with Crippen molar-refractivity contribution in [3.8, 4) is 22.9 Å². The highest BCUT2D eigenvalue weighted by Crippen LogP contribution is 2.40. The number of fused-ring (bicyclic) bond motifs is 1. The minimum Gasteiger partial charge on any atom is -0.444 e. The molecule has 0 radical (unpaired) electrons. The van der Waals surface area contributed by atoms with Crippen molar-refractivity contribution in [1.82, 2.24) is 20.3 Å². The molecule has 0 bridgehead atoms. The van der Waals surface area contributed by atoms with Crippen molar-refractivity contribution >= 4 is 38.5 Å². The van der Waals surface area contributed by atoms with Crippen molar-refractivity contribution in [2.24, 2.45) is 0 Å². The Hall–Kier alpha value is -4.45. The minimum atomic E-state index is -3.47. The predicted molar refractivity (Wildman–Crippen MR) is 183 cm³/mol. The Balaban J connectivity index is 1.18. The molecule has 47 heavy (non-hydrogen) atoms. The van der Waals surface area contributed by atoms with Crippen molar-refractivity contribution in [2.75, 3.05) is 10.0 Å². The summed E-state index contributed by atoms with van der Waals surface area (Å²) in [7, 11) is -3.47. The van der Waals surface area contributed by atoms with E-state index >= 15 is 0 Å². The quantitative estimate of drug-likeness (QED) is 0.168. The number of carbonyl (C=O) groups excluding carboxylic acids is 1. The molecule has 0 unspecified atom stereocenters. The topological polar surface area (TPSA) is 144 Å². The van der Waals surface area contributed by atoms with Gasteiger partial charge >= 0.3 is 6.09 Å². The smallest absolute Gasteiger partial charge is 0.407 e. The van der Waals surface area contributed by atoms with Crippen LogP contribution in [0.5, 0.6) is 11.6 Å². The number of amides is 1. The first-order valence-corrected chi connectivity index (χ1v) is 17.8. The van der Waals surface area contributed by atoms with Gasteiger partial charge < -0.3 is 20.1 Å². The molecule has 248 valence electrons. The lowest BCUT2D eigenvalue weighted by molar-refractivity contribution is 0.0492. The summed E-state index contributed by atoms with van der Waals surface area (Å²) in [5, 5.41) is 7.62. The molecule has 2 aliphatic carbocycles. The van der Waals surface area contributed by atoms with Crippen LogP contribution < -0.4 is 20.1 Å². The molecule has 2 fully saturated rings. The van der Waals surface area contributed by atoms with Gasteiger partial charge in [0.2, 0.25) is 21.9 Å². The maximum Gasteiger partial charge on any atom is 0.407 e. The van der Waals surface area contributed by atoms with E-state index in [-0.39, 0.29) is 23.4 Å². The zero-order valence-electron chi connectivity index (χ0n) is 27.2. The third kappa shape index (κ3) is 7.75. The van der Waals surface area contributed by atoms with Gasteiger partial charge in [0.05, 0.1) is 22.2 Å². The number of nitrogens with zero attached hydrogens (tertiary/aromatic N) is 3. The van der Waals surface area contributed by atoms with E-state index in [0.29, 0.717) is 47.4 Å². The molecule has 4 aromatic rings. The average molecular weight is 659 g/mol. The molecule has 3 N–H and O–H groups in total. The molecule has 12 heteroatoms. The standard InChI is InChI=1S/C35H42N6O5S/c1-22-21-30(41-47(43,44)25-9-7-10-25)26-11-5-6-12-27(26)31(22)45-32-28(13-8-19-36-32)29-18-20-37-33(40-29)38-23-14-16-24(17-15-23)39-34(42)46-35(2,3)4/h5-6,8,11-13,18-21,23-25,41H,7,9-10,14-17H2,1-4H3,(H,39,42)(H,37,38,40). The lowest BCUT2D eigenvalue weighted by Gasteiger charge is -2.30. The molecule has 2 aromatic heterocycles. The average Bonchev–Trinajstić information content (AvgIpc) is 2.98. The van der Waals surface area contributed by atoms with Gasteiger partial charge in [0.15, 0.2) is 0 Å². The van der Waals surface area contributed by atoms with Crippen LogP contribution in [-0.4, -0.2) is 52.4 Å². The number of aryl methyl sites for hydroxylation is 1. The molecule has 0 spiro atoms. The van der Waals surface area contributed by atoms with Crippen LogP contribution in [-0.2, 0) is 14.8 Å². The normalized spacial score (nSPS) is 18.6. The summed E-state index contributed by atoms with van der Waals surface area (Å²) in [6.45, 7) is 7.46. The van der Waals surface area contributed by atoms with Crippen LogP contribution >= 0.6 is 0 Å². The first kappa shape index (κ1) is 32.5. The van der Waals surface area contributed by atoms with Crippen molar-refractivity contribution in [1.29, 1.82) is 0 Å². The molecule has 2 heterocycles. The number of nitrogens with one attached hydrogen (secondary N) is 3. The van der Waals surface area contributed by atoms with Gasteiger partial charge in [0, 0.05) is 35.2 Å². The van der Waals surface area contributed by atoms with Gasteiger partial charge in [0.1, 0.15) is 11.4 Å². The van der Waals surface area contributed by atoms with Crippen molar-refractivity contribution in [3.05, 3.63) is 66.5 Å². The molecule has 0 aliphatic heterocycles. The van der Waals surface area contributed by atoms with Gasteiger partial charge in [-0.3, -0.25) is 4.72 Å². The summed E-state index contributed by atoms with van der Waals surface area (Å²) >= 11 is 0. The SMILES string of the molecule is Cc1cc(NS(=O)(=O)C2CCC2)c2ccccc2c1Oc1ncccc1-c1ccnc(NC2CCC(NC(=O)OC(C)(C)C)CC2)n1. The minimum absolute atomic E-state index is 0.0711. The molecule has 6 rings (SSSR count). The highest BCUT2D eigenvalue weighted by Gasteiger charge is 2.32. The van der Waals surface area contributed by atoms with Crippen molar-refractivity contribution in [2.45, 2.75) is 95.6 Å². The van der Waals surface area contributed by atoms with Gasteiger partial charge in [-0.05, 0) is 96.0 Å². The summed E-state index contributed by atoms with van der Waals surface area (Å²) in [6.07, 6.45) is 8.66. The van der Waals surface area contributed by atoms with Gasteiger partial charge in [-0.25, -0.2) is 28.2 Å². The first-order valence-electron chi connectivity index (χ1n) is 16.2. The maximum absolute atomic E-state index is 13.0. The molecular formula is C35H42N6O5S. The Morgan fingerprint density at radius 3 is 2.32 bits per heavy atom. The number of benzene rings is 2. The molecule has 11 nitrogen and oxygen atoms in total. The van der Waals surface area contributed by atoms with Crippen molar-refractivity contribution < 1.29 is 22.7 Å². The van der Waals surface area contributed by atoms with E-state index in [4.69, 9.17) is 14.5 Å². The van der Waals surface area contributed by atoms with E-state index in [2.05, 4.69) is 25.3 Å². The van der Waals surface area contributed by atoms with Crippen LogP contribution in [0.25, 0.3) is 22.0 Å². The second-order valence-electron chi connectivity index (χ2n) is 13.4. The van der Waals surface area contributed by atoms with Crippen molar-refractivity contribution in [3.63, 3.8) is 0 Å². The number of pyridine rings is 1. The monoisotopic (exact) mass is 658 g/mol. The molecule has 0 atom stereocenters. The Morgan fingerprint density at radius 1 is 0.894 bits per heavy atom. The van der Waals surface area contributed by atoms with Crippen LogP contribution in [0.15, 0.2) is 60.9 Å². The zero-order valence-corrected chi connectivity index (χ0v) is 28.1. The number of alkyl carbamates (subject to hydrolysis) is 1. The highest BCUT2D eigenvalue weighted by atomic mass is 32.2. The van der Waals surface area contributed by atoms with Crippen LogP contribution in [0.2, 0.25) is 0 Å². The van der Waals surface area contributed by atoms with Gasteiger partial charge in [0.25, 0.3) is 0 Å². The number of sulfonamides is 1. The number of anilines is 2. The number of hydrogen-bond donors (Lipinski definition) is 3. The second kappa shape index (κ2) is 13.3. The van der Waals surface area contributed by atoms with Gasteiger partial charge in [-0.2, -0.15) is 0 Å². The van der Waals surface area contributed by atoms with E-state index in [9.17, 15) is 13.2 Å². The third-order valence-electron chi connectivity index (χ3n) is 8.61. The third-order valence-corrected chi connectivity index (χ3v) is 10.5. The highest BCUT2D eigenvalue weighted by molar-refractivity contribution is 7.93. The van der Waals surface area contributed by atoms with Crippen LogP contribution in [0.1, 0.15) is 71.3 Å². The Labute approximate surface area is 276 Å². The summed E-state index contributed by atoms with van der Waals surface area (Å²) < 4.78 is 40.7. The number of hydrogen-bond acceptors (Lipinski definition) is 9. The summed E-state index contributed by atoms with van der Waals surface area (Å²) in [5.74, 6) is 1.48. The van der Waals surface area contributed by atoms with Crippen LogP contribution in [0, 0.1) is 6.92 Å². The first-order chi connectivity index (χ1) is 22.4. The maximum atomic E-state index is 13.0. The van der Waals surface area contributed by atoms with E-state index in [1.165, 1.54) is 0 Å². The fraction of sp³-hybridized carbons (Fsp3) is 0.429.